The summed E-state index contributed by atoms with van der Waals surface area (Å²) in [5.74, 6) is 0.404. The normalized spacial score (nSPS) is 23.0. The van der Waals surface area contributed by atoms with Gasteiger partial charge in [-0.2, -0.15) is 0 Å². The van der Waals surface area contributed by atoms with Gasteiger partial charge in [0.15, 0.2) is 0 Å². The van der Waals surface area contributed by atoms with Gasteiger partial charge >= 0.3 is 0 Å². The molecule has 2 rings (SSSR count). The molecule has 1 aromatic carbocycles. The molecule has 1 aromatic rings. The molecule has 1 saturated carbocycles. The maximum atomic E-state index is 11.9. The number of aliphatic hydroxyl groups excluding tert-OH is 1. The molecule has 92 valence electrons. The van der Waals surface area contributed by atoms with Gasteiger partial charge in [-0.25, -0.2) is 0 Å². The Morgan fingerprint density at radius 3 is 2.82 bits per heavy atom. The summed E-state index contributed by atoms with van der Waals surface area (Å²) < 4.78 is 0.980. The fraction of sp³-hybridized carbons (Fsp3) is 0.462. The number of aryl methyl sites for hydroxylation is 1. The van der Waals surface area contributed by atoms with E-state index >= 15 is 0 Å². The van der Waals surface area contributed by atoms with Gasteiger partial charge in [0, 0.05) is 16.6 Å². The van der Waals surface area contributed by atoms with Gasteiger partial charge in [0.1, 0.15) is 0 Å². The molecule has 0 saturated heterocycles. The number of nitrogens with one attached hydrogen (secondary N) is 1. The van der Waals surface area contributed by atoms with Gasteiger partial charge in [-0.15, -0.1) is 0 Å². The van der Waals surface area contributed by atoms with Gasteiger partial charge in [0.2, 0.25) is 0 Å². The van der Waals surface area contributed by atoms with Crippen molar-refractivity contribution in [1.82, 2.24) is 5.32 Å². The Kier molecular flexibility index (Phi) is 3.84. The van der Waals surface area contributed by atoms with Crippen molar-refractivity contribution in [3.8, 4) is 0 Å². The zero-order valence-electron chi connectivity index (χ0n) is 9.74. The van der Waals surface area contributed by atoms with E-state index in [1.54, 1.807) is 0 Å². The summed E-state index contributed by atoms with van der Waals surface area (Å²) in [4.78, 5) is 11.9. The van der Waals surface area contributed by atoms with Gasteiger partial charge in [-0.1, -0.05) is 15.9 Å². The van der Waals surface area contributed by atoms with Crippen molar-refractivity contribution in [2.45, 2.75) is 25.9 Å². The lowest BCUT2D eigenvalue weighted by Crippen LogP contribution is -2.38. The molecule has 0 radical (unpaired) electrons. The second-order valence-corrected chi connectivity index (χ2v) is 5.58. The average molecular weight is 298 g/mol. The van der Waals surface area contributed by atoms with Crippen LogP contribution in [0.5, 0.6) is 0 Å². The Labute approximate surface area is 109 Å². The Morgan fingerprint density at radius 2 is 2.24 bits per heavy atom. The molecule has 1 amide bonds. The summed E-state index contributed by atoms with van der Waals surface area (Å²) in [6.07, 6.45) is 1.45. The smallest absolute Gasteiger partial charge is 0.251 e. The minimum Gasteiger partial charge on any atom is -0.393 e. The van der Waals surface area contributed by atoms with Gasteiger partial charge in [-0.05, 0) is 49.4 Å². The zero-order valence-corrected chi connectivity index (χ0v) is 11.3. The molecule has 0 aromatic heterocycles. The molecule has 17 heavy (non-hydrogen) atoms. The van der Waals surface area contributed by atoms with Crippen LogP contribution in [0.15, 0.2) is 22.7 Å². The standard InChI is InChI=1S/C13H16BrNO2/c1-8-4-10(14)2-3-12(8)13(17)15-7-9-5-11(16)6-9/h2-4,9,11,16H,5-7H2,1H3,(H,15,17). The highest BCUT2D eigenvalue weighted by atomic mass is 79.9. The van der Waals surface area contributed by atoms with Gasteiger partial charge in [-0.3, -0.25) is 4.79 Å². The van der Waals surface area contributed by atoms with E-state index < -0.39 is 0 Å². The van der Waals surface area contributed by atoms with Gasteiger partial charge in [0.25, 0.3) is 5.91 Å². The molecular weight excluding hydrogens is 282 g/mol. The Balaban J connectivity index is 1.91. The van der Waals surface area contributed by atoms with Crippen molar-refractivity contribution in [3.05, 3.63) is 33.8 Å². The van der Waals surface area contributed by atoms with E-state index in [-0.39, 0.29) is 12.0 Å². The van der Waals surface area contributed by atoms with Crippen LogP contribution >= 0.6 is 15.9 Å². The van der Waals surface area contributed by atoms with Gasteiger partial charge < -0.3 is 10.4 Å². The van der Waals surface area contributed by atoms with E-state index in [9.17, 15) is 4.79 Å². The quantitative estimate of drug-likeness (QED) is 0.899. The van der Waals surface area contributed by atoms with E-state index in [1.165, 1.54) is 0 Å². The third-order valence-corrected chi connectivity index (χ3v) is 3.69. The molecule has 0 aliphatic heterocycles. The molecule has 1 fully saturated rings. The number of carbonyl (C=O) groups excluding carboxylic acids is 1. The fourth-order valence-electron chi connectivity index (χ4n) is 2.08. The summed E-state index contributed by atoms with van der Waals surface area (Å²) in [5, 5.41) is 12.1. The molecule has 0 bridgehead atoms. The van der Waals surface area contributed by atoms with E-state index in [0.29, 0.717) is 18.0 Å². The second kappa shape index (κ2) is 5.19. The van der Waals surface area contributed by atoms with Crippen LogP contribution in [-0.4, -0.2) is 23.7 Å². The van der Waals surface area contributed by atoms with E-state index in [0.717, 1.165) is 22.9 Å². The SMILES string of the molecule is Cc1cc(Br)ccc1C(=O)NCC1CC(O)C1. The van der Waals surface area contributed by atoms with Gasteiger partial charge in [0.05, 0.1) is 6.10 Å². The average Bonchev–Trinajstić information content (AvgIpc) is 2.22. The Morgan fingerprint density at radius 1 is 1.53 bits per heavy atom. The number of halogens is 1. The van der Waals surface area contributed by atoms with E-state index in [4.69, 9.17) is 5.11 Å². The first kappa shape index (κ1) is 12.6. The molecule has 4 heteroatoms. The number of benzene rings is 1. The van der Waals surface area contributed by atoms with E-state index in [1.807, 2.05) is 25.1 Å². The van der Waals surface area contributed by atoms with Crippen molar-refractivity contribution >= 4 is 21.8 Å². The monoisotopic (exact) mass is 297 g/mol. The van der Waals surface area contributed by atoms with Crippen LogP contribution in [0.1, 0.15) is 28.8 Å². The van der Waals surface area contributed by atoms with Crippen LogP contribution in [0, 0.1) is 12.8 Å². The largest absolute Gasteiger partial charge is 0.393 e. The van der Waals surface area contributed by atoms with Crippen LogP contribution in [0.4, 0.5) is 0 Å². The molecular formula is C13H16BrNO2. The lowest BCUT2D eigenvalue weighted by Gasteiger charge is -2.31. The predicted molar refractivity (Wildman–Crippen MR) is 69.9 cm³/mol. The van der Waals surface area contributed by atoms with Crippen LogP contribution in [0.3, 0.4) is 0 Å². The number of aliphatic hydroxyl groups is 1. The summed E-state index contributed by atoms with van der Waals surface area (Å²) >= 11 is 3.38. The maximum Gasteiger partial charge on any atom is 0.251 e. The number of rotatable bonds is 3. The summed E-state index contributed by atoms with van der Waals surface area (Å²) in [5.41, 5.74) is 1.68. The van der Waals surface area contributed by atoms with Crippen molar-refractivity contribution in [2.75, 3.05) is 6.54 Å². The third-order valence-electron chi connectivity index (χ3n) is 3.20. The van der Waals surface area contributed by atoms with Crippen LogP contribution < -0.4 is 5.32 Å². The highest BCUT2D eigenvalue weighted by Gasteiger charge is 2.27. The lowest BCUT2D eigenvalue weighted by molar-refractivity contribution is 0.0420. The fourth-order valence-corrected chi connectivity index (χ4v) is 2.56. The van der Waals surface area contributed by atoms with Crippen LogP contribution in [-0.2, 0) is 0 Å². The molecule has 0 unspecified atom stereocenters. The predicted octanol–water partition coefficient (Wildman–Crippen LogP) is 2.26. The molecule has 0 atom stereocenters. The third kappa shape index (κ3) is 3.07. The first-order valence-corrected chi connectivity index (χ1v) is 6.58. The molecule has 1 aliphatic carbocycles. The summed E-state index contributed by atoms with van der Waals surface area (Å²) in [7, 11) is 0. The number of hydrogen-bond donors (Lipinski definition) is 2. The molecule has 3 nitrogen and oxygen atoms in total. The second-order valence-electron chi connectivity index (χ2n) is 4.66. The molecule has 1 aliphatic rings. The maximum absolute atomic E-state index is 11.9. The van der Waals surface area contributed by atoms with Crippen molar-refractivity contribution in [2.24, 2.45) is 5.92 Å². The number of hydrogen-bond acceptors (Lipinski definition) is 2. The first-order chi connectivity index (χ1) is 8.06. The molecule has 0 spiro atoms. The minimum absolute atomic E-state index is 0.0311. The molecule has 2 N–H and O–H groups in total. The zero-order chi connectivity index (χ0) is 12.4. The lowest BCUT2D eigenvalue weighted by atomic mass is 9.82. The molecule has 0 heterocycles. The topological polar surface area (TPSA) is 49.3 Å². The number of carbonyl (C=O) groups is 1. The minimum atomic E-state index is -0.161. The first-order valence-electron chi connectivity index (χ1n) is 5.78. The Hall–Kier alpha value is -0.870. The van der Waals surface area contributed by atoms with Crippen molar-refractivity contribution in [1.29, 1.82) is 0 Å². The highest BCUT2D eigenvalue weighted by molar-refractivity contribution is 9.10. The van der Waals surface area contributed by atoms with E-state index in [2.05, 4.69) is 21.2 Å². The highest BCUT2D eigenvalue weighted by Crippen LogP contribution is 2.26. The van der Waals surface area contributed by atoms with Crippen LogP contribution in [0.2, 0.25) is 0 Å². The van der Waals surface area contributed by atoms with Crippen LogP contribution in [0.25, 0.3) is 0 Å². The Bertz CT molecular complexity index is 427. The van der Waals surface area contributed by atoms with Crippen molar-refractivity contribution < 1.29 is 9.90 Å². The van der Waals surface area contributed by atoms with Crippen molar-refractivity contribution in [3.63, 3.8) is 0 Å². The summed E-state index contributed by atoms with van der Waals surface area (Å²) in [6.45, 7) is 2.58. The number of amides is 1. The summed E-state index contributed by atoms with van der Waals surface area (Å²) in [6, 6.07) is 5.63.